The lowest BCUT2D eigenvalue weighted by Gasteiger charge is -2.30. The second kappa shape index (κ2) is 18.2. The van der Waals surface area contributed by atoms with Crippen molar-refractivity contribution in [2.75, 3.05) is 26.7 Å². The van der Waals surface area contributed by atoms with Crippen molar-refractivity contribution in [3.05, 3.63) is 59.7 Å². The van der Waals surface area contributed by atoms with E-state index in [2.05, 4.69) is 26.6 Å². The van der Waals surface area contributed by atoms with Gasteiger partial charge in [-0.05, 0) is 56.0 Å². The zero-order valence-electron chi connectivity index (χ0n) is 30.1. The first-order chi connectivity index (χ1) is 25.6. The lowest BCUT2D eigenvalue weighted by atomic mass is 9.98. The highest BCUT2D eigenvalue weighted by Crippen LogP contribution is 2.44. The number of likely N-dealkylation sites (N-methyl/N-ethyl adjacent to an activating group) is 1. The molecule has 2 aromatic carbocycles. The topological polar surface area (TPSA) is 265 Å². The highest BCUT2D eigenvalue weighted by atomic mass is 16.7. The Labute approximate surface area is 310 Å². The van der Waals surface area contributed by atoms with Crippen molar-refractivity contribution in [3.8, 4) is 11.1 Å². The van der Waals surface area contributed by atoms with E-state index in [1.54, 1.807) is 7.05 Å². The van der Waals surface area contributed by atoms with Crippen LogP contribution in [0, 0.1) is 0 Å². The van der Waals surface area contributed by atoms with Crippen molar-refractivity contribution < 1.29 is 53.0 Å². The summed E-state index contributed by atoms with van der Waals surface area (Å²) in [6.07, 6.45) is -2.17. The molecule has 1 heterocycles. The number of fused-ring (bicyclic) bond motifs is 3. The van der Waals surface area contributed by atoms with Gasteiger partial charge >= 0.3 is 18.0 Å². The number of carboxylic acid groups (broad SMARTS) is 1. The van der Waals surface area contributed by atoms with Gasteiger partial charge in [0.15, 0.2) is 0 Å². The minimum Gasteiger partial charge on any atom is -0.481 e. The van der Waals surface area contributed by atoms with Crippen molar-refractivity contribution in [3.63, 3.8) is 0 Å². The molecule has 0 aromatic heterocycles. The van der Waals surface area contributed by atoms with Gasteiger partial charge in [-0.15, -0.1) is 5.06 Å². The summed E-state index contributed by atoms with van der Waals surface area (Å²) in [5.74, 6) is -6.80. The molecule has 1 aliphatic carbocycles. The third kappa shape index (κ3) is 10.6. The SMILES string of the molecule is CNCC(N)C[C@H](NC(=O)OCC1c2ccccc2-c2ccccc21)C(=O)NC(C)(C)C(=O)N[C@@H](CCC(=O)O)C(=O)NCC(=O)ON1C(=O)CCC1=O. The fourth-order valence-corrected chi connectivity index (χ4v) is 6.06. The van der Waals surface area contributed by atoms with E-state index in [-0.39, 0.29) is 31.8 Å². The first-order valence-electron chi connectivity index (χ1n) is 17.3. The molecule has 1 saturated heterocycles. The Morgan fingerprint density at radius 1 is 0.907 bits per heavy atom. The number of aliphatic carboxylic acids is 1. The van der Waals surface area contributed by atoms with Gasteiger partial charge in [-0.3, -0.25) is 28.8 Å². The third-order valence-corrected chi connectivity index (χ3v) is 8.83. The van der Waals surface area contributed by atoms with E-state index in [0.29, 0.717) is 11.6 Å². The van der Waals surface area contributed by atoms with Gasteiger partial charge in [0.2, 0.25) is 17.7 Å². The number of hydrogen-bond acceptors (Lipinski definition) is 12. The van der Waals surface area contributed by atoms with Crippen molar-refractivity contribution in [2.24, 2.45) is 5.73 Å². The predicted octanol–water partition coefficient (Wildman–Crippen LogP) is -0.202. The highest BCUT2D eigenvalue weighted by Gasteiger charge is 2.37. The number of carbonyl (C=O) groups is 8. The summed E-state index contributed by atoms with van der Waals surface area (Å²) in [4.78, 5) is 105. The molecule has 0 saturated carbocycles. The summed E-state index contributed by atoms with van der Waals surface area (Å²) in [6, 6.07) is 12.2. The number of hydroxylamine groups is 2. The number of amides is 6. The zero-order valence-corrected chi connectivity index (χ0v) is 30.1. The van der Waals surface area contributed by atoms with Crippen LogP contribution < -0.4 is 32.3 Å². The Hall–Kier alpha value is -5.88. The second-order valence-electron chi connectivity index (χ2n) is 13.4. The van der Waals surface area contributed by atoms with Gasteiger partial charge in [-0.2, -0.15) is 0 Å². The fraction of sp³-hybridized carbons (Fsp3) is 0.444. The Morgan fingerprint density at radius 2 is 1.50 bits per heavy atom. The van der Waals surface area contributed by atoms with Crippen LogP contribution in [0.5, 0.6) is 0 Å². The summed E-state index contributed by atoms with van der Waals surface area (Å²) in [7, 11) is 1.66. The van der Waals surface area contributed by atoms with Crippen molar-refractivity contribution in [1.29, 1.82) is 0 Å². The molecule has 0 spiro atoms. The van der Waals surface area contributed by atoms with Crippen LogP contribution in [0.25, 0.3) is 11.1 Å². The average Bonchev–Trinajstić information content (AvgIpc) is 3.62. The minimum absolute atomic E-state index is 0.0172. The Morgan fingerprint density at radius 3 is 2.07 bits per heavy atom. The fourth-order valence-electron chi connectivity index (χ4n) is 6.06. The molecule has 3 atom stereocenters. The smallest absolute Gasteiger partial charge is 0.407 e. The molecule has 6 amide bonds. The van der Waals surface area contributed by atoms with Gasteiger partial charge < -0.3 is 47.0 Å². The van der Waals surface area contributed by atoms with Gasteiger partial charge in [0.1, 0.15) is 30.8 Å². The molecule has 18 heteroatoms. The first-order valence-corrected chi connectivity index (χ1v) is 17.3. The summed E-state index contributed by atoms with van der Waals surface area (Å²) in [6.45, 7) is 2.11. The normalized spacial score (nSPS) is 15.3. The average molecular weight is 752 g/mol. The quantitative estimate of drug-likeness (QED) is 0.0975. The van der Waals surface area contributed by atoms with Gasteiger partial charge in [0.25, 0.3) is 11.8 Å². The van der Waals surface area contributed by atoms with Crippen molar-refractivity contribution in [1.82, 2.24) is 31.6 Å². The van der Waals surface area contributed by atoms with E-state index in [4.69, 9.17) is 15.3 Å². The van der Waals surface area contributed by atoms with Crippen LogP contribution in [0.2, 0.25) is 0 Å². The molecule has 290 valence electrons. The lowest BCUT2D eigenvalue weighted by molar-refractivity contribution is -0.196. The van der Waals surface area contributed by atoms with Crippen LogP contribution in [0.1, 0.15) is 63.0 Å². The molecule has 1 aliphatic heterocycles. The molecule has 0 bridgehead atoms. The second-order valence-corrected chi connectivity index (χ2v) is 13.4. The molecule has 0 radical (unpaired) electrons. The maximum atomic E-state index is 13.6. The van der Waals surface area contributed by atoms with Crippen LogP contribution in [0.4, 0.5) is 4.79 Å². The standard InChI is InChI=1S/C36H45N7O11/c1-36(2,34(51)40-26(12-15-30(46)47)32(49)39-18-31(48)54-43-28(44)13-14-29(43)45)42-33(50)27(16-20(37)17-38-3)41-35(52)53-19-25-23-10-6-4-8-21(23)22-9-5-7-11-24(22)25/h4-11,20,25-27,38H,12-19,37H2,1-3H3,(H,39,49)(H,40,51)(H,41,52)(H,42,50)(H,46,47)/t20?,26-,27-/m0/s1. The maximum absolute atomic E-state index is 13.6. The minimum atomic E-state index is -1.73. The van der Waals surface area contributed by atoms with Gasteiger partial charge in [-0.1, -0.05) is 48.5 Å². The van der Waals surface area contributed by atoms with E-state index in [1.165, 1.54) is 13.8 Å². The number of ether oxygens (including phenoxy) is 1. The van der Waals surface area contributed by atoms with Crippen molar-refractivity contribution in [2.45, 2.75) is 75.5 Å². The summed E-state index contributed by atoms with van der Waals surface area (Å²) >= 11 is 0. The molecule has 1 fully saturated rings. The molecule has 2 aromatic rings. The number of nitrogens with one attached hydrogen (secondary N) is 5. The number of imide groups is 1. The van der Waals surface area contributed by atoms with Crippen LogP contribution in [-0.4, -0.2) is 108 Å². The monoisotopic (exact) mass is 751 g/mol. The zero-order chi connectivity index (χ0) is 39.6. The molecule has 8 N–H and O–H groups in total. The van der Waals surface area contributed by atoms with Crippen LogP contribution >= 0.6 is 0 Å². The molecule has 18 nitrogen and oxygen atoms in total. The molecule has 54 heavy (non-hydrogen) atoms. The third-order valence-electron chi connectivity index (χ3n) is 8.83. The number of carboxylic acids is 1. The van der Waals surface area contributed by atoms with Crippen LogP contribution in [0.3, 0.4) is 0 Å². The molecule has 4 rings (SSSR count). The van der Waals surface area contributed by atoms with Crippen LogP contribution in [0.15, 0.2) is 48.5 Å². The van der Waals surface area contributed by atoms with Gasteiger partial charge in [0.05, 0.1) is 0 Å². The summed E-state index contributed by atoms with van der Waals surface area (Å²) in [5, 5.41) is 22.1. The Balaban J connectivity index is 1.38. The number of rotatable bonds is 18. The maximum Gasteiger partial charge on any atom is 0.407 e. The van der Waals surface area contributed by atoms with E-state index >= 15 is 0 Å². The number of nitrogens with zero attached hydrogens (tertiary/aromatic N) is 1. The number of nitrogens with two attached hydrogens (primary N) is 1. The largest absolute Gasteiger partial charge is 0.481 e. The molecular weight excluding hydrogens is 706 g/mol. The van der Waals surface area contributed by atoms with Crippen LogP contribution in [-0.2, 0) is 43.1 Å². The number of benzene rings is 2. The van der Waals surface area contributed by atoms with Gasteiger partial charge in [0, 0.05) is 37.8 Å². The number of hydrogen-bond donors (Lipinski definition) is 7. The number of alkyl carbamates (subject to hydrolysis) is 1. The Kier molecular flexibility index (Phi) is 13.8. The predicted molar refractivity (Wildman–Crippen MR) is 190 cm³/mol. The Bertz CT molecular complexity index is 1720. The van der Waals surface area contributed by atoms with E-state index < -0.39 is 90.6 Å². The molecule has 2 aliphatic rings. The number of carbonyl (C=O) groups excluding carboxylic acids is 7. The summed E-state index contributed by atoms with van der Waals surface area (Å²) < 4.78 is 5.62. The highest BCUT2D eigenvalue weighted by molar-refractivity contribution is 6.02. The van der Waals surface area contributed by atoms with E-state index in [0.717, 1.165) is 22.3 Å². The molecule has 1 unspecified atom stereocenters. The van der Waals surface area contributed by atoms with E-state index in [1.807, 2.05) is 48.5 Å². The van der Waals surface area contributed by atoms with E-state index in [9.17, 15) is 43.5 Å². The lowest BCUT2D eigenvalue weighted by Crippen LogP contribution is -2.62. The molecular formula is C36H45N7O11. The van der Waals surface area contributed by atoms with Gasteiger partial charge in [-0.25, -0.2) is 9.59 Å². The first kappa shape index (κ1) is 40.9. The van der Waals surface area contributed by atoms with Crippen molar-refractivity contribution >= 4 is 47.6 Å². The summed E-state index contributed by atoms with van der Waals surface area (Å²) in [5.41, 5.74) is 8.53.